The summed E-state index contributed by atoms with van der Waals surface area (Å²) in [5.74, 6) is 6.95. The van der Waals surface area contributed by atoms with Gasteiger partial charge in [0, 0.05) is 46.8 Å². The average molecular weight is 474 g/mol. The van der Waals surface area contributed by atoms with Gasteiger partial charge in [0.05, 0.1) is 5.52 Å². The molecule has 0 amide bonds. The first-order valence-electron chi connectivity index (χ1n) is 12.3. The smallest absolute Gasteiger partial charge is 0.141 e. The number of hydrogen-bond acceptors (Lipinski definition) is 5. The lowest BCUT2D eigenvalue weighted by atomic mass is 9.94. The van der Waals surface area contributed by atoms with Crippen molar-refractivity contribution in [3.63, 3.8) is 0 Å². The van der Waals surface area contributed by atoms with Crippen molar-refractivity contribution >= 4 is 33.3 Å². The Morgan fingerprint density at radius 3 is 2.81 bits per heavy atom. The van der Waals surface area contributed by atoms with E-state index in [1.54, 1.807) is 6.33 Å². The monoisotopic (exact) mass is 473 g/mol. The molecule has 6 nitrogen and oxygen atoms in total. The van der Waals surface area contributed by atoms with Crippen LogP contribution in [0.15, 0.2) is 85.3 Å². The minimum absolute atomic E-state index is 0.499. The maximum absolute atomic E-state index is 10.7. The molecule has 0 spiro atoms. The van der Waals surface area contributed by atoms with E-state index in [1.165, 1.54) is 11.1 Å². The molecule has 5 aromatic rings. The summed E-state index contributed by atoms with van der Waals surface area (Å²) in [6.07, 6.45) is 5.31. The third kappa shape index (κ3) is 4.67. The van der Waals surface area contributed by atoms with Gasteiger partial charge in [-0.15, -0.1) is 0 Å². The number of piperidine rings is 1. The molecule has 0 radical (unpaired) electrons. The third-order valence-electron chi connectivity index (χ3n) is 6.67. The Hall–Kier alpha value is -4.18. The zero-order valence-corrected chi connectivity index (χ0v) is 19.9. The zero-order valence-electron chi connectivity index (χ0n) is 19.9. The van der Waals surface area contributed by atoms with Gasteiger partial charge in [-0.1, -0.05) is 42.2 Å². The molecule has 1 aliphatic rings. The van der Waals surface area contributed by atoms with Gasteiger partial charge in [-0.3, -0.25) is 0 Å². The van der Waals surface area contributed by atoms with E-state index in [0.29, 0.717) is 13.0 Å². The van der Waals surface area contributed by atoms with Crippen molar-refractivity contribution in [2.24, 2.45) is 0 Å². The average Bonchev–Trinajstić information content (AvgIpc) is 3.30. The van der Waals surface area contributed by atoms with Gasteiger partial charge in [0.25, 0.3) is 0 Å². The summed E-state index contributed by atoms with van der Waals surface area (Å²) in [4.78, 5) is 8.93. The third-order valence-corrected chi connectivity index (χ3v) is 6.67. The summed E-state index contributed by atoms with van der Waals surface area (Å²) in [6, 6.07) is 24.8. The van der Waals surface area contributed by atoms with Crippen molar-refractivity contribution in [1.82, 2.24) is 19.9 Å². The number of fused-ring (bicyclic) bond motifs is 2. The fraction of sp³-hybridized carbons (Fsp3) is 0.200. The van der Waals surface area contributed by atoms with Crippen LogP contribution in [-0.2, 0) is 6.54 Å². The minimum Gasteiger partial charge on any atom is -0.376 e. The summed E-state index contributed by atoms with van der Waals surface area (Å²) in [7, 11) is 0. The Labute approximate surface area is 210 Å². The highest BCUT2D eigenvalue weighted by Gasteiger charge is 2.26. The quantitative estimate of drug-likeness (QED) is 0.326. The SMILES string of the molecule is OC1(C#Cc2ccc3ncnc(Nc4ccc5c(ccn5Cc5ccccc5)c4)c3c2)CCCNC1. The number of anilines is 2. The molecule has 1 aliphatic heterocycles. The van der Waals surface area contributed by atoms with E-state index >= 15 is 0 Å². The molecule has 0 aliphatic carbocycles. The van der Waals surface area contributed by atoms with Crippen LogP contribution in [0.2, 0.25) is 0 Å². The van der Waals surface area contributed by atoms with E-state index in [-0.39, 0.29) is 0 Å². The van der Waals surface area contributed by atoms with E-state index in [1.807, 2.05) is 24.3 Å². The minimum atomic E-state index is -0.978. The van der Waals surface area contributed by atoms with Gasteiger partial charge in [-0.25, -0.2) is 9.97 Å². The molecule has 178 valence electrons. The number of benzene rings is 3. The van der Waals surface area contributed by atoms with Crippen LogP contribution in [0.25, 0.3) is 21.8 Å². The summed E-state index contributed by atoms with van der Waals surface area (Å²) in [6.45, 7) is 2.26. The number of hydrogen-bond donors (Lipinski definition) is 3. The highest BCUT2D eigenvalue weighted by Crippen LogP contribution is 2.27. The Balaban J connectivity index is 1.27. The lowest BCUT2D eigenvalue weighted by molar-refractivity contribution is 0.0736. The number of nitrogens with zero attached hydrogens (tertiary/aromatic N) is 3. The first-order chi connectivity index (χ1) is 17.7. The van der Waals surface area contributed by atoms with Gasteiger partial charge < -0.3 is 20.3 Å². The molecule has 3 N–H and O–H groups in total. The molecular formula is C30H27N5O. The lowest BCUT2D eigenvalue weighted by Gasteiger charge is -2.27. The molecular weight excluding hydrogens is 446 g/mol. The Morgan fingerprint density at radius 1 is 1.03 bits per heavy atom. The number of aliphatic hydroxyl groups is 1. The Kier molecular flexibility index (Phi) is 5.86. The lowest BCUT2D eigenvalue weighted by Crippen LogP contribution is -2.44. The zero-order chi connectivity index (χ0) is 24.4. The highest BCUT2D eigenvalue weighted by atomic mass is 16.3. The molecule has 6 heteroatoms. The summed E-state index contributed by atoms with van der Waals surface area (Å²) >= 11 is 0. The fourth-order valence-electron chi connectivity index (χ4n) is 4.75. The first kappa shape index (κ1) is 22.3. The van der Waals surface area contributed by atoms with Crippen LogP contribution in [0, 0.1) is 11.8 Å². The maximum Gasteiger partial charge on any atom is 0.141 e. The largest absolute Gasteiger partial charge is 0.376 e. The van der Waals surface area contributed by atoms with E-state index in [0.717, 1.165) is 52.9 Å². The van der Waals surface area contributed by atoms with Crippen molar-refractivity contribution in [2.75, 3.05) is 18.4 Å². The summed E-state index contributed by atoms with van der Waals surface area (Å²) in [5, 5.41) is 19.4. The van der Waals surface area contributed by atoms with Gasteiger partial charge in [0.1, 0.15) is 17.7 Å². The molecule has 3 aromatic carbocycles. The van der Waals surface area contributed by atoms with Crippen molar-refractivity contribution in [1.29, 1.82) is 0 Å². The molecule has 1 atom stereocenters. The van der Waals surface area contributed by atoms with E-state index in [9.17, 15) is 5.11 Å². The maximum atomic E-state index is 10.7. The van der Waals surface area contributed by atoms with Crippen molar-refractivity contribution in [3.05, 3.63) is 96.4 Å². The van der Waals surface area contributed by atoms with Gasteiger partial charge in [-0.05, 0) is 67.4 Å². The summed E-state index contributed by atoms with van der Waals surface area (Å²) in [5.41, 5.74) is 4.10. The van der Waals surface area contributed by atoms with Crippen LogP contribution >= 0.6 is 0 Å². The predicted octanol–water partition coefficient (Wildman–Crippen LogP) is 4.84. The second-order valence-corrected chi connectivity index (χ2v) is 9.34. The highest BCUT2D eigenvalue weighted by molar-refractivity contribution is 5.93. The molecule has 0 bridgehead atoms. The molecule has 36 heavy (non-hydrogen) atoms. The van der Waals surface area contributed by atoms with Crippen LogP contribution < -0.4 is 10.6 Å². The molecule has 0 saturated carbocycles. The second kappa shape index (κ2) is 9.46. The second-order valence-electron chi connectivity index (χ2n) is 9.34. The van der Waals surface area contributed by atoms with Crippen LogP contribution in [0.4, 0.5) is 11.5 Å². The van der Waals surface area contributed by atoms with Gasteiger partial charge >= 0.3 is 0 Å². The van der Waals surface area contributed by atoms with Crippen molar-refractivity contribution in [3.8, 4) is 11.8 Å². The van der Waals surface area contributed by atoms with Crippen LogP contribution in [0.5, 0.6) is 0 Å². The van der Waals surface area contributed by atoms with Crippen molar-refractivity contribution in [2.45, 2.75) is 25.0 Å². The topological polar surface area (TPSA) is 75.0 Å². The number of β-amino-alcohol motifs (C(OH)–C–C–N with tert-alkyl or cyclic N) is 1. The van der Waals surface area contributed by atoms with E-state index in [2.05, 4.69) is 91.7 Å². The fourth-order valence-corrected chi connectivity index (χ4v) is 4.75. The van der Waals surface area contributed by atoms with Crippen LogP contribution in [0.1, 0.15) is 24.0 Å². The first-order valence-corrected chi connectivity index (χ1v) is 12.3. The molecule has 1 unspecified atom stereocenters. The van der Waals surface area contributed by atoms with Gasteiger partial charge in [0.2, 0.25) is 0 Å². The van der Waals surface area contributed by atoms with Crippen molar-refractivity contribution < 1.29 is 5.11 Å². The van der Waals surface area contributed by atoms with E-state index < -0.39 is 5.60 Å². The molecule has 2 aromatic heterocycles. The number of nitrogens with one attached hydrogen (secondary N) is 2. The van der Waals surface area contributed by atoms with E-state index in [4.69, 9.17) is 0 Å². The molecule has 6 rings (SSSR count). The predicted molar refractivity (Wildman–Crippen MR) is 144 cm³/mol. The Morgan fingerprint density at radius 2 is 1.94 bits per heavy atom. The Bertz CT molecular complexity index is 1590. The van der Waals surface area contributed by atoms with Gasteiger partial charge in [-0.2, -0.15) is 0 Å². The molecule has 1 saturated heterocycles. The van der Waals surface area contributed by atoms with Gasteiger partial charge in [0.15, 0.2) is 0 Å². The van der Waals surface area contributed by atoms with Crippen LogP contribution in [-0.4, -0.2) is 38.3 Å². The molecule has 3 heterocycles. The standard InChI is InChI=1S/C30H27N5O/c36-30(13-4-15-31-20-30)14-11-22-7-9-27-26(17-22)29(33-21-32-27)34-25-8-10-28-24(18-25)12-16-35(28)19-23-5-2-1-3-6-23/h1-3,5-10,12,16-18,21,31,36H,4,13,15,19-20H2,(H,32,33,34). The summed E-state index contributed by atoms with van der Waals surface area (Å²) < 4.78 is 2.26. The molecule has 1 fully saturated rings. The number of rotatable bonds is 4. The number of aromatic nitrogens is 3. The van der Waals surface area contributed by atoms with Crippen LogP contribution in [0.3, 0.4) is 0 Å². The normalized spacial score (nSPS) is 17.6.